The fraction of sp³-hybridized carbons (Fsp3) is 0.833. The molecule has 0 spiro atoms. The number of ether oxygens (including phenoxy) is 1. The molecule has 2 aliphatic rings. The first-order valence-electron chi connectivity index (χ1n) is 9.37. The van der Waals surface area contributed by atoms with Crippen LogP contribution in [0.3, 0.4) is 0 Å². The van der Waals surface area contributed by atoms with Gasteiger partial charge >= 0.3 is 0 Å². The molecule has 0 aromatic carbocycles. The van der Waals surface area contributed by atoms with Gasteiger partial charge in [0, 0.05) is 12.0 Å². The van der Waals surface area contributed by atoms with Crippen molar-refractivity contribution in [2.75, 3.05) is 13.2 Å². The van der Waals surface area contributed by atoms with Crippen LogP contribution in [0.2, 0.25) is 0 Å². The smallest absolute Gasteiger partial charge is 0.187 e. The molecule has 1 aliphatic heterocycles. The fourth-order valence-corrected chi connectivity index (χ4v) is 4.63. The van der Waals surface area contributed by atoms with Gasteiger partial charge in [-0.25, -0.2) is 0 Å². The van der Waals surface area contributed by atoms with Crippen LogP contribution in [0.25, 0.3) is 0 Å². The summed E-state index contributed by atoms with van der Waals surface area (Å²) in [6.07, 6.45) is 9.18. The van der Waals surface area contributed by atoms with Crippen molar-refractivity contribution in [3.8, 4) is 0 Å². The Hall–Kier alpha value is -0.590. The number of nitrogens with zero attached hydrogens (tertiary/aromatic N) is 2. The molecule has 2 unspecified atom stereocenters. The second-order valence-corrected chi connectivity index (χ2v) is 8.11. The molecule has 136 valence electrons. The zero-order valence-corrected chi connectivity index (χ0v) is 15.6. The Morgan fingerprint density at radius 3 is 2.83 bits per heavy atom. The Labute approximate surface area is 149 Å². The number of piperidine rings is 1. The molecule has 4 nitrogen and oxygen atoms in total. The molecule has 1 aromatic rings. The summed E-state index contributed by atoms with van der Waals surface area (Å²) in [4.78, 5) is 0. The molecular weight excluding hydrogens is 325 g/mol. The first kappa shape index (κ1) is 18.2. The van der Waals surface area contributed by atoms with E-state index in [9.17, 15) is 3.89 Å². The molecule has 2 atom stereocenters. The second-order valence-electron chi connectivity index (χ2n) is 7.62. The highest BCUT2D eigenvalue weighted by Crippen LogP contribution is 2.33. The van der Waals surface area contributed by atoms with E-state index in [0.29, 0.717) is 12.7 Å². The normalized spacial score (nSPS) is 31.5. The van der Waals surface area contributed by atoms with Crippen molar-refractivity contribution >= 4 is 12.3 Å². The van der Waals surface area contributed by atoms with Crippen LogP contribution in [-0.2, 0) is 4.74 Å². The van der Waals surface area contributed by atoms with E-state index in [1.165, 1.54) is 29.8 Å². The molecule has 1 N–H and O–H groups in total. The summed E-state index contributed by atoms with van der Waals surface area (Å²) in [6.45, 7) is 6.38. The second kappa shape index (κ2) is 8.68. The van der Waals surface area contributed by atoms with E-state index in [-0.39, 0.29) is 24.3 Å². The Kier molecular flexibility index (Phi) is 6.58. The number of hydrogen-bond donors (Lipinski definition) is 1. The van der Waals surface area contributed by atoms with Crippen molar-refractivity contribution in [2.24, 2.45) is 11.8 Å². The number of rotatable bonds is 6. The summed E-state index contributed by atoms with van der Waals surface area (Å²) in [6, 6.07) is 2.19. The third-order valence-corrected chi connectivity index (χ3v) is 6.28. The highest BCUT2D eigenvalue weighted by molar-refractivity contribution is 7.92. The lowest BCUT2D eigenvalue weighted by Crippen LogP contribution is -2.44. The number of nitrogens with one attached hydrogen (secondary N) is 1. The van der Waals surface area contributed by atoms with E-state index in [1.807, 2.05) is 6.07 Å². The Bertz CT molecular complexity index is 502. The summed E-state index contributed by atoms with van der Waals surface area (Å²) in [5, 5.41) is 7.63. The Morgan fingerprint density at radius 1 is 1.33 bits per heavy atom. The van der Waals surface area contributed by atoms with Crippen LogP contribution in [-0.4, -0.2) is 34.5 Å². The van der Waals surface area contributed by atoms with Crippen molar-refractivity contribution in [1.29, 1.82) is 0 Å². The molecule has 0 amide bonds. The van der Waals surface area contributed by atoms with Crippen molar-refractivity contribution in [3.63, 3.8) is 0 Å². The quantitative estimate of drug-likeness (QED) is 0.824. The summed E-state index contributed by atoms with van der Waals surface area (Å²) in [5.74, 6) is 1.92. The number of halogens is 1. The van der Waals surface area contributed by atoms with Gasteiger partial charge in [-0.2, -0.15) is 9.19 Å². The predicted molar refractivity (Wildman–Crippen MR) is 96.6 cm³/mol. The maximum absolute atomic E-state index is 13.0. The predicted octanol–water partition coefficient (Wildman–Crippen LogP) is 4.33. The Balaban J connectivity index is 1.53. The van der Waals surface area contributed by atoms with Gasteiger partial charge in [0.1, 0.15) is 0 Å². The average Bonchev–Trinajstić information content (AvgIpc) is 3.09. The highest BCUT2D eigenvalue weighted by Gasteiger charge is 2.31. The summed E-state index contributed by atoms with van der Waals surface area (Å²) in [5.41, 5.74) is 0.965. The average molecular weight is 356 g/mol. The number of aromatic nitrogens is 2. The van der Waals surface area contributed by atoms with Crippen LogP contribution in [0.1, 0.15) is 64.0 Å². The highest BCUT2D eigenvalue weighted by atomic mass is 32.2. The lowest BCUT2D eigenvalue weighted by molar-refractivity contribution is -0.00393. The lowest BCUT2D eigenvalue weighted by atomic mass is 9.80. The Morgan fingerprint density at radius 2 is 2.12 bits per heavy atom. The maximum atomic E-state index is 13.0. The van der Waals surface area contributed by atoms with Crippen LogP contribution in [0.15, 0.2) is 12.3 Å². The molecule has 1 aromatic heterocycles. The monoisotopic (exact) mass is 355 g/mol. The van der Waals surface area contributed by atoms with Crippen LogP contribution in [0.5, 0.6) is 0 Å². The van der Waals surface area contributed by atoms with Gasteiger partial charge in [0.2, 0.25) is 0 Å². The maximum Gasteiger partial charge on any atom is 0.187 e. The first-order valence-corrected chi connectivity index (χ1v) is 10.0. The molecule has 2 fully saturated rings. The fourth-order valence-electron chi connectivity index (χ4n) is 4.27. The van der Waals surface area contributed by atoms with Gasteiger partial charge in [0.05, 0.1) is 24.6 Å². The van der Waals surface area contributed by atoms with Crippen molar-refractivity contribution in [2.45, 2.75) is 70.4 Å². The molecule has 3 rings (SSSR count). The third-order valence-electron chi connectivity index (χ3n) is 5.84. The van der Waals surface area contributed by atoms with Gasteiger partial charge in [-0.05, 0) is 63.0 Å². The minimum atomic E-state index is 0.184. The molecule has 6 heteroatoms. The van der Waals surface area contributed by atoms with Gasteiger partial charge in [-0.15, -0.1) is 3.89 Å². The van der Waals surface area contributed by atoms with E-state index in [2.05, 4.69) is 24.3 Å². The molecule has 1 aliphatic carbocycles. The summed E-state index contributed by atoms with van der Waals surface area (Å²) in [7, 11) is 0. The van der Waals surface area contributed by atoms with Crippen molar-refractivity contribution in [3.05, 3.63) is 18.0 Å². The zero-order chi connectivity index (χ0) is 16.9. The van der Waals surface area contributed by atoms with Crippen LogP contribution in [0.4, 0.5) is 3.89 Å². The van der Waals surface area contributed by atoms with E-state index in [1.54, 1.807) is 6.20 Å². The van der Waals surface area contributed by atoms with Crippen molar-refractivity contribution in [1.82, 2.24) is 14.5 Å². The molecular formula is C18H30FN3OS. The van der Waals surface area contributed by atoms with Gasteiger partial charge in [-0.3, -0.25) is 0 Å². The van der Waals surface area contributed by atoms with E-state index < -0.39 is 0 Å². The van der Waals surface area contributed by atoms with Crippen LogP contribution < -0.4 is 5.32 Å². The molecule has 0 bridgehead atoms. The molecule has 1 saturated carbocycles. The topological polar surface area (TPSA) is 39.1 Å². The summed E-state index contributed by atoms with van der Waals surface area (Å²) < 4.78 is 20.7. The minimum Gasteiger partial charge on any atom is -0.377 e. The molecule has 1 saturated heterocycles. The molecule has 0 radical (unpaired) electrons. The van der Waals surface area contributed by atoms with Gasteiger partial charge in [0.15, 0.2) is 12.3 Å². The van der Waals surface area contributed by atoms with Crippen molar-refractivity contribution < 1.29 is 8.62 Å². The summed E-state index contributed by atoms with van der Waals surface area (Å²) >= 11 is 0.184. The lowest BCUT2D eigenvalue weighted by Gasteiger charge is -2.35. The van der Waals surface area contributed by atoms with Gasteiger partial charge < -0.3 is 10.1 Å². The van der Waals surface area contributed by atoms with E-state index in [0.717, 1.165) is 36.9 Å². The SMILES string of the molecule is CC(C)C1CCC(OCC2NCCCC2c2ccnn2SF)CC1. The van der Waals surface area contributed by atoms with Gasteiger partial charge in [0.25, 0.3) is 0 Å². The molecule has 24 heavy (non-hydrogen) atoms. The standard InChI is InChI=1S/C18H30FN3OS/c1-13(2)14-5-7-15(8-6-14)23-12-17-16(4-3-10-20-17)18-9-11-21-22(18)24-19/h9,11,13-17,20H,3-8,10,12H2,1-2H3. The first-order chi connectivity index (χ1) is 11.7. The van der Waals surface area contributed by atoms with E-state index >= 15 is 0 Å². The van der Waals surface area contributed by atoms with E-state index in [4.69, 9.17) is 4.74 Å². The third kappa shape index (κ3) is 4.33. The largest absolute Gasteiger partial charge is 0.377 e. The van der Waals surface area contributed by atoms with Crippen LogP contribution in [0, 0.1) is 11.8 Å². The van der Waals surface area contributed by atoms with Crippen LogP contribution >= 0.6 is 12.3 Å². The zero-order valence-electron chi connectivity index (χ0n) is 14.8. The van der Waals surface area contributed by atoms with Gasteiger partial charge in [-0.1, -0.05) is 13.8 Å². The molecule has 2 heterocycles. The number of hydrogen-bond acceptors (Lipinski definition) is 4. The minimum absolute atomic E-state index is 0.184.